The lowest BCUT2D eigenvalue weighted by atomic mass is 9.49. The van der Waals surface area contributed by atoms with E-state index in [1.807, 2.05) is 13.8 Å². The molecule has 0 bridgehead atoms. The van der Waals surface area contributed by atoms with Crippen molar-refractivity contribution in [2.75, 3.05) is 0 Å². The van der Waals surface area contributed by atoms with Crippen LogP contribution in [0.4, 0.5) is 0 Å². The molecular formula is C20H30O3. The lowest BCUT2D eigenvalue weighted by Gasteiger charge is -2.54. The topological polar surface area (TPSA) is 54.4 Å². The van der Waals surface area contributed by atoms with E-state index in [4.69, 9.17) is 5.11 Å². The van der Waals surface area contributed by atoms with E-state index in [2.05, 4.69) is 20.8 Å². The number of aliphatic carboxylic acids is 1. The number of carbonyl (C=O) groups excluding carboxylic acids is 1. The van der Waals surface area contributed by atoms with Gasteiger partial charge in [-0.3, -0.25) is 4.79 Å². The quantitative estimate of drug-likeness (QED) is 0.749. The van der Waals surface area contributed by atoms with Crippen LogP contribution in [0.5, 0.6) is 0 Å². The molecule has 0 radical (unpaired) electrons. The number of rotatable bonds is 4. The summed E-state index contributed by atoms with van der Waals surface area (Å²) in [5.74, 6) is -0.202. The Kier molecular flexibility index (Phi) is 4.89. The molecule has 0 aromatic carbocycles. The summed E-state index contributed by atoms with van der Waals surface area (Å²) in [6.07, 6.45) is 7.00. The largest absolute Gasteiger partial charge is 0.478 e. The van der Waals surface area contributed by atoms with Crippen molar-refractivity contribution >= 4 is 11.8 Å². The maximum absolute atomic E-state index is 12.5. The minimum atomic E-state index is -0.893. The van der Waals surface area contributed by atoms with Gasteiger partial charge in [-0.15, -0.1) is 0 Å². The second-order valence-corrected chi connectivity index (χ2v) is 8.37. The van der Waals surface area contributed by atoms with Crippen LogP contribution in [-0.2, 0) is 9.59 Å². The first kappa shape index (κ1) is 18.0. The van der Waals surface area contributed by atoms with Crippen molar-refractivity contribution in [1.29, 1.82) is 0 Å². The highest BCUT2D eigenvalue weighted by Crippen LogP contribution is 2.59. The first-order valence-electron chi connectivity index (χ1n) is 8.71. The van der Waals surface area contributed by atoms with Gasteiger partial charge in [0.05, 0.1) is 0 Å². The van der Waals surface area contributed by atoms with Gasteiger partial charge in [0.1, 0.15) is 0 Å². The van der Waals surface area contributed by atoms with Gasteiger partial charge < -0.3 is 5.11 Å². The summed E-state index contributed by atoms with van der Waals surface area (Å²) in [4.78, 5) is 23.4. The molecule has 0 aromatic rings. The lowest BCUT2D eigenvalue weighted by molar-refractivity contribution is -0.131. The van der Waals surface area contributed by atoms with Crippen LogP contribution in [0.1, 0.15) is 73.1 Å². The zero-order valence-corrected chi connectivity index (χ0v) is 15.2. The number of allylic oxidation sites excluding steroid dienone is 3. The highest BCUT2D eigenvalue weighted by Gasteiger charge is 2.51. The minimum absolute atomic E-state index is 0.0866. The molecule has 0 spiro atoms. The summed E-state index contributed by atoms with van der Waals surface area (Å²) in [5, 5.41) is 8.88. The van der Waals surface area contributed by atoms with Crippen molar-refractivity contribution in [2.45, 2.75) is 73.1 Å². The molecule has 0 amide bonds. The van der Waals surface area contributed by atoms with Gasteiger partial charge in [-0.1, -0.05) is 38.3 Å². The van der Waals surface area contributed by atoms with Crippen molar-refractivity contribution in [3.05, 3.63) is 22.8 Å². The van der Waals surface area contributed by atoms with E-state index in [-0.39, 0.29) is 16.6 Å². The molecule has 0 aliphatic heterocycles. The van der Waals surface area contributed by atoms with E-state index >= 15 is 0 Å². The van der Waals surface area contributed by atoms with Crippen molar-refractivity contribution in [3.63, 3.8) is 0 Å². The van der Waals surface area contributed by atoms with Gasteiger partial charge in [0, 0.05) is 12.5 Å². The minimum Gasteiger partial charge on any atom is -0.478 e. The molecule has 2 unspecified atom stereocenters. The predicted molar refractivity (Wildman–Crippen MR) is 92.2 cm³/mol. The number of hydrogen-bond donors (Lipinski definition) is 1. The van der Waals surface area contributed by atoms with Gasteiger partial charge in [-0.2, -0.15) is 0 Å². The third kappa shape index (κ3) is 3.44. The Balaban J connectivity index is 2.33. The first-order valence-corrected chi connectivity index (χ1v) is 8.71. The maximum atomic E-state index is 12.5. The van der Waals surface area contributed by atoms with E-state index in [1.54, 1.807) is 0 Å². The molecule has 1 fully saturated rings. The molecule has 2 atom stereocenters. The van der Waals surface area contributed by atoms with Crippen LogP contribution >= 0.6 is 0 Å². The van der Waals surface area contributed by atoms with Gasteiger partial charge in [-0.05, 0) is 61.9 Å². The number of ketones is 1. The van der Waals surface area contributed by atoms with Gasteiger partial charge in [0.25, 0.3) is 0 Å². The number of carboxylic acid groups (broad SMARTS) is 1. The van der Waals surface area contributed by atoms with Crippen LogP contribution in [0.2, 0.25) is 0 Å². The van der Waals surface area contributed by atoms with E-state index < -0.39 is 5.97 Å². The Morgan fingerprint density at radius 2 is 1.96 bits per heavy atom. The second-order valence-electron chi connectivity index (χ2n) is 8.37. The number of hydrogen-bond acceptors (Lipinski definition) is 2. The fraction of sp³-hybridized carbons (Fsp3) is 0.700. The van der Waals surface area contributed by atoms with Gasteiger partial charge in [-0.25, -0.2) is 4.79 Å². The van der Waals surface area contributed by atoms with Crippen molar-refractivity contribution in [3.8, 4) is 0 Å². The molecule has 23 heavy (non-hydrogen) atoms. The molecule has 1 N–H and O–H groups in total. The first-order chi connectivity index (χ1) is 10.6. The standard InChI is InChI=1S/C20H30O3/c1-13(11-18(22)23)7-8-15-14(2)16(21)12-17-19(3,4)9-6-10-20(15,17)5/h11,17H,6-10,12H2,1-5H3,(H,22,23). The Bertz CT molecular complexity index is 580. The van der Waals surface area contributed by atoms with Gasteiger partial charge in [0.15, 0.2) is 5.78 Å². The average molecular weight is 318 g/mol. The molecule has 2 aliphatic rings. The third-order valence-corrected chi connectivity index (χ3v) is 6.32. The molecule has 0 aromatic heterocycles. The summed E-state index contributed by atoms with van der Waals surface area (Å²) in [5.41, 5.74) is 3.37. The molecule has 1 saturated carbocycles. The Labute approximate surface area is 139 Å². The fourth-order valence-electron chi connectivity index (χ4n) is 5.00. The van der Waals surface area contributed by atoms with Gasteiger partial charge >= 0.3 is 5.97 Å². The van der Waals surface area contributed by atoms with Crippen LogP contribution in [0.3, 0.4) is 0 Å². The molecule has 2 aliphatic carbocycles. The van der Waals surface area contributed by atoms with Crippen molar-refractivity contribution < 1.29 is 14.7 Å². The van der Waals surface area contributed by atoms with Crippen molar-refractivity contribution in [1.82, 2.24) is 0 Å². The molecule has 0 heterocycles. The van der Waals surface area contributed by atoms with Crippen LogP contribution in [0.25, 0.3) is 0 Å². The summed E-state index contributed by atoms with van der Waals surface area (Å²) in [7, 11) is 0. The normalized spacial score (nSPS) is 31.1. The Morgan fingerprint density at radius 3 is 2.57 bits per heavy atom. The highest BCUT2D eigenvalue weighted by atomic mass is 16.4. The van der Waals surface area contributed by atoms with Crippen LogP contribution in [0, 0.1) is 16.7 Å². The fourth-order valence-corrected chi connectivity index (χ4v) is 5.00. The molecule has 3 nitrogen and oxygen atoms in total. The van der Waals surface area contributed by atoms with E-state index in [9.17, 15) is 9.59 Å². The summed E-state index contributed by atoms with van der Waals surface area (Å²) >= 11 is 0. The third-order valence-electron chi connectivity index (χ3n) is 6.32. The van der Waals surface area contributed by atoms with Crippen LogP contribution in [-0.4, -0.2) is 16.9 Å². The average Bonchev–Trinajstić information content (AvgIpc) is 2.40. The molecule has 3 heteroatoms. The smallest absolute Gasteiger partial charge is 0.328 e. The summed E-state index contributed by atoms with van der Waals surface area (Å²) < 4.78 is 0. The summed E-state index contributed by atoms with van der Waals surface area (Å²) in [6, 6.07) is 0. The molecular weight excluding hydrogens is 288 g/mol. The Morgan fingerprint density at radius 1 is 1.30 bits per heavy atom. The molecule has 128 valence electrons. The van der Waals surface area contributed by atoms with Crippen LogP contribution in [0.15, 0.2) is 22.8 Å². The zero-order chi connectivity index (χ0) is 17.4. The van der Waals surface area contributed by atoms with E-state index in [0.29, 0.717) is 12.3 Å². The van der Waals surface area contributed by atoms with E-state index in [1.165, 1.54) is 24.5 Å². The van der Waals surface area contributed by atoms with Crippen LogP contribution < -0.4 is 0 Å². The monoisotopic (exact) mass is 318 g/mol. The van der Waals surface area contributed by atoms with E-state index in [0.717, 1.165) is 30.4 Å². The number of fused-ring (bicyclic) bond motifs is 1. The summed E-state index contributed by atoms with van der Waals surface area (Å²) in [6.45, 7) is 10.8. The lowest BCUT2D eigenvalue weighted by Crippen LogP contribution is -2.47. The predicted octanol–water partition coefficient (Wildman–Crippen LogP) is 4.92. The Hall–Kier alpha value is -1.38. The number of Topliss-reactive ketones (excluding diaryl/α,β-unsaturated/α-hetero) is 1. The second kappa shape index (κ2) is 6.26. The van der Waals surface area contributed by atoms with Crippen molar-refractivity contribution in [2.24, 2.45) is 16.7 Å². The van der Waals surface area contributed by atoms with Gasteiger partial charge in [0.2, 0.25) is 0 Å². The SMILES string of the molecule is CC(=CC(=O)O)CCC1=C(C)C(=O)CC2C(C)(C)CCCC12C. The number of carbonyl (C=O) groups is 2. The maximum Gasteiger partial charge on any atom is 0.328 e. The molecule has 2 rings (SSSR count). The highest BCUT2D eigenvalue weighted by molar-refractivity contribution is 5.97. The number of carboxylic acids is 1. The molecule has 0 saturated heterocycles. The zero-order valence-electron chi connectivity index (χ0n) is 15.2.